The number of aromatic nitrogens is 1. The molecule has 0 bridgehead atoms. The van der Waals surface area contributed by atoms with Crippen LogP contribution in [0.15, 0.2) is 23.2 Å². The monoisotopic (exact) mass is 276 g/mol. The van der Waals surface area contributed by atoms with Gasteiger partial charge in [0.25, 0.3) is 0 Å². The highest BCUT2D eigenvalue weighted by molar-refractivity contribution is 7.89. The number of nitrogens with one attached hydrogen (secondary N) is 1. The summed E-state index contributed by atoms with van der Waals surface area (Å²) >= 11 is 5.60. The van der Waals surface area contributed by atoms with Gasteiger partial charge in [0.2, 0.25) is 10.0 Å². The molecule has 17 heavy (non-hydrogen) atoms. The van der Waals surface area contributed by atoms with Gasteiger partial charge in [0.05, 0.1) is 13.2 Å². The van der Waals surface area contributed by atoms with Crippen LogP contribution in [0.1, 0.15) is 6.92 Å². The van der Waals surface area contributed by atoms with E-state index in [4.69, 9.17) is 16.3 Å². The van der Waals surface area contributed by atoms with Crippen LogP contribution in [0, 0.1) is 5.41 Å². The first kappa shape index (κ1) is 12.8. The van der Waals surface area contributed by atoms with Crippen molar-refractivity contribution in [1.82, 2.24) is 9.71 Å². The molecule has 2 heterocycles. The molecule has 0 aliphatic carbocycles. The van der Waals surface area contributed by atoms with E-state index in [1.54, 1.807) is 0 Å². The van der Waals surface area contributed by atoms with E-state index in [1.807, 2.05) is 6.92 Å². The van der Waals surface area contributed by atoms with Gasteiger partial charge in [0.15, 0.2) is 0 Å². The molecular weight excluding hydrogens is 264 g/mol. The summed E-state index contributed by atoms with van der Waals surface area (Å²) in [5, 5.41) is 0.267. The molecule has 7 heteroatoms. The highest BCUT2D eigenvalue weighted by Crippen LogP contribution is 2.25. The first-order valence-corrected chi connectivity index (χ1v) is 6.96. The molecule has 1 aliphatic rings. The molecule has 0 amide bonds. The molecule has 0 spiro atoms. The number of sulfonamides is 1. The van der Waals surface area contributed by atoms with Crippen molar-refractivity contribution >= 4 is 21.6 Å². The number of nitrogens with zero attached hydrogens (tertiary/aromatic N) is 1. The molecule has 1 aromatic rings. The number of rotatable bonds is 4. The quantitative estimate of drug-likeness (QED) is 0.835. The molecule has 1 aliphatic heterocycles. The van der Waals surface area contributed by atoms with Crippen LogP contribution >= 0.6 is 11.6 Å². The molecule has 2 rings (SSSR count). The van der Waals surface area contributed by atoms with Crippen molar-refractivity contribution in [2.24, 2.45) is 5.41 Å². The van der Waals surface area contributed by atoms with Crippen molar-refractivity contribution in [1.29, 1.82) is 0 Å². The van der Waals surface area contributed by atoms with Gasteiger partial charge in [-0.15, -0.1) is 0 Å². The van der Waals surface area contributed by atoms with Crippen molar-refractivity contribution in [2.45, 2.75) is 11.8 Å². The third-order valence-electron chi connectivity index (χ3n) is 2.60. The largest absolute Gasteiger partial charge is 0.380 e. The van der Waals surface area contributed by atoms with E-state index < -0.39 is 10.0 Å². The smallest absolute Gasteiger partial charge is 0.242 e. The Hall–Kier alpha value is -0.690. The third kappa shape index (κ3) is 2.95. The summed E-state index contributed by atoms with van der Waals surface area (Å²) in [5.74, 6) is 0. The van der Waals surface area contributed by atoms with Gasteiger partial charge in [-0.1, -0.05) is 18.5 Å². The standard InChI is InChI=1S/C10H13ClN2O3S/c1-10(6-16-7-10)5-13-17(14,15)8-2-3-9(11)12-4-8/h2-4,13H,5-7H2,1H3. The molecule has 0 radical (unpaired) electrons. The number of pyridine rings is 1. The minimum Gasteiger partial charge on any atom is -0.380 e. The van der Waals surface area contributed by atoms with Crippen molar-refractivity contribution in [3.05, 3.63) is 23.5 Å². The lowest BCUT2D eigenvalue weighted by atomic mass is 9.89. The normalized spacial score (nSPS) is 18.7. The van der Waals surface area contributed by atoms with Gasteiger partial charge in [-0.05, 0) is 12.1 Å². The fourth-order valence-corrected chi connectivity index (χ4v) is 2.68. The highest BCUT2D eigenvalue weighted by Gasteiger charge is 2.34. The maximum absolute atomic E-state index is 11.9. The van der Waals surface area contributed by atoms with Crippen molar-refractivity contribution in [2.75, 3.05) is 19.8 Å². The van der Waals surface area contributed by atoms with Crippen LogP contribution in [0.4, 0.5) is 0 Å². The minimum absolute atomic E-state index is 0.104. The Morgan fingerprint density at radius 3 is 2.71 bits per heavy atom. The summed E-state index contributed by atoms with van der Waals surface area (Å²) in [6.07, 6.45) is 1.24. The Morgan fingerprint density at radius 1 is 1.53 bits per heavy atom. The molecule has 1 fully saturated rings. The van der Waals surface area contributed by atoms with Gasteiger partial charge in [0, 0.05) is 18.2 Å². The van der Waals surface area contributed by atoms with Crippen LogP contribution in [-0.4, -0.2) is 33.2 Å². The van der Waals surface area contributed by atoms with E-state index in [0.717, 1.165) is 0 Å². The lowest BCUT2D eigenvalue weighted by Gasteiger charge is -2.37. The number of hydrogen-bond donors (Lipinski definition) is 1. The predicted octanol–water partition coefficient (Wildman–Crippen LogP) is 1.05. The van der Waals surface area contributed by atoms with Crippen LogP contribution in [0.25, 0.3) is 0 Å². The summed E-state index contributed by atoms with van der Waals surface area (Å²) < 4.78 is 31.4. The zero-order chi connectivity index (χ0) is 12.5. The van der Waals surface area contributed by atoms with Crippen LogP contribution in [0.3, 0.4) is 0 Å². The van der Waals surface area contributed by atoms with Crippen LogP contribution < -0.4 is 4.72 Å². The van der Waals surface area contributed by atoms with Gasteiger partial charge in [-0.3, -0.25) is 0 Å². The van der Waals surface area contributed by atoms with Gasteiger partial charge in [-0.2, -0.15) is 0 Å². The summed E-state index contributed by atoms with van der Waals surface area (Å²) in [6.45, 7) is 3.49. The van der Waals surface area contributed by atoms with Crippen LogP contribution in [0.5, 0.6) is 0 Å². The summed E-state index contributed by atoms with van der Waals surface area (Å²) in [5.41, 5.74) is -0.104. The molecule has 1 N–H and O–H groups in total. The van der Waals surface area contributed by atoms with Gasteiger partial charge in [0.1, 0.15) is 10.0 Å². The van der Waals surface area contributed by atoms with Gasteiger partial charge >= 0.3 is 0 Å². The molecular formula is C10H13ClN2O3S. The Balaban J connectivity index is 2.06. The Morgan fingerprint density at radius 2 is 2.24 bits per heavy atom. The zero-order valence-corrected chi connectivity index (χ0v) is 10.9. The number of hydrogen-bond acceptors (Lipinski definition) is 4. The molecule has 94 valence electrons. The summed E-state index contributed by atoms with van der Waals surface area (Å²) in [4.78, 5) is 3.86. The third-order valence-corrected chi connectivity index (χ3v) is 4.21. The molecule has 0 unspecified atom stereocenters. The molecule has 1 aromatic heterocycles. The predicted molar refractivity (Wildman–Crippen MR) is 63.4 cm³/mol. The summed E-state index contributed by atoms with van der Waals surface area (Å²) in [6, 6.07) is 2.88. The average molecular weight is 277 g/mol. The second-order valence-electron chi connectivity index (χ2n) is 4.44. The minimum atomic E-state index is -3.51. The van der Waals surface area contributed by atoms with Crippen LogP contribution in [-0.2, 0) is 14.8 Å². The molecule has 0 saturated carbocycles. The van der Waals surface area contributed by atoms with Crippen molar-refractivity contribution < 1.29 is 13.2 Å². The zero-order valence-electron chi connectivity index (χ0n) is 9.31. The SMILES string of the molecule is CC1(CNS(=O)(=O)c2ccc(Cl)nc2)COC1. The van der Waals surface area contributed by atoms with Crippen molar-refractivity contribution in [3.63, 3.8) is 0 Å². The average Bonchev–Trinajstić information content (AvgIpc) is 2.24. The second kappa shape index (κ2) is 4.53. The summed E-state index contributed by atoms with van der Waals surface area (Å²) in [7, 11) is -3.51. The lowest BCUT2D eigenvalue weighted by molar-refractivity contribution is -0.0965. The fraction of sp³-hybridized carbons (Fsp3) is 0.500. The first-order valence-electron chi connectivity index (χ1n) is 5.10. The van der Waals surface area contributed by atoms with E-state index in [1.165, 1.54) is 18.3 Å². The maximum atomic E-state index is 11.9. The Bertz CT molecular complexity index is 497. The van der Waals surface area contributed by atoms with E-state index in [0.29, 0.717) is 19.8 Å². The first-order chi connectivity index (χ1) is 7.91. The molecule has 1 saturated heterocycles. The Labute approximate surface area is 105 Å². The lowest BCUT2D eigenvalue weighted by Crippen LogP contribution is -2.48. The fourth-order valence-electron chi connectivity index (χ4n) is 1.43. The van der Waals surface area contributed by atoms with Gasteiger partial charge < -0.3 is 4.74 Å². The number of halogens is 1. The van der Waals surface area contributed by atoms with Crippen LogP contribution in [0.2, 0.25) is 5.15 Å². The topological polar surface area (TPSA) is 68.3 Å². The van der Waals surface area contributed by atoms with E-state index >= 15 is 0 Å². The highest BCUT2D eigenvalue weighted by atomic mass is 35.5. The molecule has 0 aromatic carbocycles. The van der Waals surface area contributed by atoms with Gasteiger partial charge in [-0.25, -0.2) is 18.1 Å². The van der Waals surface area contributed by atoms with Crippen molar-refractivity contribution in [3.8, 4) is 0 Å². The van der Waals surface area contributed by atoms with E-state index in [9.17, 15) is 8.42 Å². The Kier molecular flexibility index (Phi) is 3.40. The molecule has 5 nitrogen and oxygen atoms in total. The van der Waals surface area contributed by atoms with E-state index in [2.05, 4.69) is 9.71 Å². The maximum Gasteiger partial charge on any atom is 0.242 e. The number of ether oxygens (including phenoxy) is 1. The molecule has 0 atom stereocenters. The van der Waals surface area contributed by atoms with E-state index in [-0.39, 0.29) is 15.5 Å². The second-order valence-corrected chi connectivity index (χ2v) is 6.60.